The first-order valence-electron chi connectivity index (χ1n) is 7.58. The molecule has 21 heavy (non-hydrogen) atoms. The summed E-state index contributed by atoms with van der Waals surface area (Å²) >= 11 is 1.80. The zero-order valence-electron chi connectivity index (χ0n) is 13.1. The first-order chi connectivity index (χ1) is 10.1. The molecule has 2 N–H and O–H groups in total. The molecule has 0 amide bonds. The Morgan fingerprint density at radius 2 is 2.05 bits per heavy atom. The lowest BCUT2D eigenvalue weighted by Crippen LogP contribution is -2.44. The van der Waals surface area contributed by atoms with Gasteiger partial charge in [0.2, 0.25) is 0 Å². The molecule has 3 nitrogen and oxygen atoms in total. The van der Waals surface area contributed by atoms with E-state index in [4.69, 9.17) is 5.73 Å². The van der Waals surface area contributed by atoms with Crippen molar-refractivity contribution in [2.24, 2.45) is 5.73 Å². The highest BCUT2D eigenvalue weighted by Crippen LogP contribution is 2.28. The van der Waals surface area contributed by atoms with Crippen molar-refractivity contribution in [3.8, 4) is 0 Å². The van der Waals surface area contributed by atoms with Gasteiger partial charge < -0.3 is 5.73 Å². The molecule has 0 saturated carbocycles. The van der Waals surface area contributed by atoms with Crippen LogP contribution in [-0.4, -0.2) is 22.0 Å². The summed E-state index contributed by atoms with van der Waals surface area (Å²) < 4.78 is 0. The van der Waals surface area contributed by atoms with E-state index in [0.717, 1.165) is 18.7 Å². The van der Waals surface area contributed by atoms with Gasteiger partial charge in [0.15, 0.2) is 0 Å². The minimum atomic E-state index is 0.0854. The van der Waals surface area contributed by atoms with Crippen LogP contribution in [0.1, 0.15) is 43.8 Å². The predicted octanol–water partition coefficient (Wildman–Crippen LogP) is 3.83. The quantitative estimate of drug-likeness (QED) is 0.845. The van der Waals surface area contributed by atoms with Crippen molar-refractivity contribution in [2.45, 2.75) is 51.9 Å². The molecule has 2 heterocycles. The van der Waals surface area contributed by atoms with Crippen LogP contribution in [0.2, 0.25) is 0 Å². The van der Waals surface area contributed by atoms with E-state index in [-0.39, 0.29) is 12.1 Å². The van der Waals surface area contributed by atoms with Crippen LogP contribution in [0.5, 0.6) is 0 Å². The van der Waals surface area contributed by atoms with E-state index in [1.807, 2.05) is 18.3 Å². The Labute approximate surface area is 131 Å². The molecule has 0 spiro atoms. The summed E-state index contributed by atoms with van der Waals surface area (Å²) in [7, 11) is 0. The van der Waals surface area contributed by atoms with Crippen LogP contribution >= 0.6 is 11.3 Å². The minimum absolute atomic E-state index is 0.0854. The van der Waals surface area contributed by atoms with Gasteiger partial charge in [-0.1, -0.05) is 19.1 Å². The molecule has 2 atom stereocenters. The summed E-state index contributed by atoms with van der Waals surface area (Å²) in [5.41, 5.74) is 7.51. The molecule has 0 aliphatic carbocycles. The van der Waals surface area contributed by atoms with Crippen molar-refractivity contribution in [1.82, 2.24) is 9.88 Å². The van der Waals surface area contributed by atoms with Crippen LogP contribution in [0.4, 0.5) is 0 Å². The Kier molecular flexibility index (Phi) is 5.91. The molecule has 0 aliphatic heterocycles. The van der Waals surface area contributed by atoms with Gasteiger partial charge in [-0.3, -0.25) is 9.88 Å². The predicted molar refractivity (Wildman–Crippen MR) is 90.2 cm³/mol. The Hall–Kier alpha value is -1.23. The van der Waals surface area contributed by atoms with Gasteiger partial charge in [0.25, 0.3) is 0 Å². The SMILES string of the molecule is CCC(N)C(c1ccccn1)N(Cc1cccs1)C(C)C. The van der Waals surface area contributed by atoms with E-state index in [0.29, 0.717) is 6.04 Å². The second-order valence-corrected chi connectivity index (χ2v) is 6.65. The Bertz CT molecular complexity index is 510. The number of hydrogen-bond donors (Lipinski definition) is 1. The van der Waals surface area contributed by atoms with E-state index in [9.17, 15) is 0 Å². The number of aromatic nitrogens is 1. The van der Waals surface area contributed by atoms with Gasteiger partial charge in [-0.15, -0.1) is 11.3 Å². The van der Waals surface area contributed by atoms with Gasteiger partial charge in [-0.05, 0) is 43.8 Å². The smallest absolute Gasteiger partial charge is 0.0678 e. The van der Waals surface area contributed by atoms with E-state index in [1.165, 1.54) is 4.88 Å². The van der Waals surface area contributed by atoms with E-state index in [2.05, 4.69) is 54.2 Å². The third-order valence-electron chi connectivity index (χ3n) is 3.81. The average Bonchev–Trinajstić information content (AvgIpc) is 3.00. The van der Waals surface area contributed by atoms with E-state index in [1.54, 1.807) is 11.3 Å². The Morgan fingerprint density at radius 1 is 1.24 bits per heavy atom. The Morgan fingerprint density at radius 3 is 2.57 bits per heavy atom. The van der Waals surface area contributed by atoms with Gasteiger partial charge >= 0.3 is 0 Å². The molecular weight excluding hydrogens is 278 g/mol. The summed E-state index contributed by atoms with van der Waals surface area (Å²) in [6, 6.07) is 11.0. The summed E-state index contributed by atoms with van der Waals surface area (Å²) in [5, 5.41) is 2.13. The Balaban J connectivity index is 2.31. The number of thiophene rings is 1. The van der Waals surface area contributed by atoms with Crippen LogP contribution in [0, 0.1) is 0 Å². The number of nitrogens with zero attached hydrogens (tertiary/aromatic N) is 2. The lowest BCUT2D eigenvalue weighted by atomic mass is 9.99. The average molecular weight is 303 g/mol. The molecule has 0 aliphatic rings. The number of hydrogen-bond acceptors (Lipinski definition) is 4. The molecule has 2 aromatic heterocycles. The van der Waals surface area contributed by atoms with Crippen LogP contribution in [-0.2, 0) is 6.54 Å². The topological polar surface area (TPSA) is 42.1 Å². The maximum Gasteiger partial charge on any atom is 0.0678 e. The molecular formula is C17H25N3S. The first-order valence-corrected chi connectivity index (χ1v) is 8.46. The van der Waals surface area contributed by atoms with Crippen molar-refractivity contribution in [2.75, 3.05) is 0 Å². The highest BCUT2D eigenvalue weighted by atomic mass is 32.1. The third kappa shape index (κ3) is 4.13. The van der Waals surface area contributed by atoms with Crippen LogP contribution in [0.15, 0.2) is 41.9 Å². The summed E-state index contributed by atoms with van der Waals surface area (Å²) in [6.07, 6.45) is 2.79. The van der Waals surface area contributed by atoms with Crippen LogP contribution < -0.4 is 5.73 Å². The molecule has 0 radical (unpaired) electrons. The minimum Gasteiger partial charge on any atom is -0.326 e. The van der Waals surface area contributed by atoms with Crippen LogP contribution in [0.3, 0.4) is 0 Å². The number of nitrogens with two attached hydrogens (primary N) is 1. The zero-order valence-corrected chi connectivity index (χ0v) is 13.9. The molecule has 0 aromatic carbocycles. The zero-order chi connectivity index (χ0) is 15.2. The van der Waals surface area contributed by atoms with Gasteiger partial charge in [-0.2, -0.15) is 0 Å². The lowest BCUT2D eigenvalue weighted by Gasteiger charge is -2.37. The molecule has 4 heteroatoms. The largest absolute Gasteiger partial charge is 0.326 e. The fraction of sp³-hybridized carbons (Fsp3) is 0.471. The number of rotatable bonds is 7. The van der Waals surface area contributed by atoms with Gasteiger partial charge in [0, 0.05) is 29.7 Å². The fourth-order valence-corrected chi connectivity index (χ4v) is 3.31. The molecule has 0 saturated heterocycles. The molecule has 2 aromatic rings. The second kappa shape index (κ2) is 7.69. The fourth-order valence-electron chi connectivity index (χ4n) is 2.59. The summed E-state index contributed by atoms with van der Waals surface area (Å²) in [5.74, 6) is 0. The molecule has 2 rings (SSSR count). The summed E-state index contributed by atoms with van der Waals surface area (Å²) in [4.78, 5) is 8.39. The van der Waals surface area contributed by atoms with Crippen molar-refractivity contribution in [1.29, 1.82) is 0 Å². The van der Waals surface area contributed by atoms with Crippen molar-refractivity contribution < 1.29 is 0 Å². The molecule has 0 bridgehead atoms. The monoisotopic (exact) mass is 303 g/mol. The molecule has 114 valence electrons. The van der Waals surface area contributed by atoms with Crippen LogP contribution in [0.25, 0.3) is 0 Å². The standard InChI is InChI=1S/C17H25N3S/c1-4-15(18)17(16-9-5-6-10-19-16)20(13(2)3)12-14-8-7-11-21-14/h5-11,13,15,17H,4,12,18H2,1-3H3. The van der Waals surface area contributed by atoms with E-state index < -0.39 is 0 Å². The van der Waals surface area contributed by atoms with Crippen molar-refractivity contribution in [3.05, 3.63) is 52.5 Å². The highest BCUT2D eigenvalue weighted by molar-refractivity contribution is 7.09. The number of pyridine rings is 1. The highest BCUT2D eigenvalue weighted by Gasteiger charge is 2.28. The maximum atomic E-state index is 6.44. The van der Waals surface area contributed by atoms with Crippen molar-refractivity contribution in [3.63, 3.8) is 0 Å². The van der Waals surface area contributed by atoms with E-state index >= 15 is 0 Å². The first kappa shape index (κ1) is 16.1. The molecule has 2 unspecified atom stereocenters. The molecule has 0 fully saturated rings. The normalized spacial score (nSPS) is 14.6. The van der Waals surface area contributed by atoms with Gasteiger partial charge in [-0.25, -0.2) is 0 Å². The second-order valence-electron chi connectivity index (χ2n) is 5.62. The van der Waals surface area contributed by atoms with Gasteiger partial charge in [0.05, 0.1) is 11.7 Å². The summed E-state index contributed by atoms with van der Waals surface area (Å²) in [6.45, 7) is 7.52. The lowest BCUT2D eigenvalue weighted by molar-refractivity contribution is 0.119. The third-order valence-corrected chi connectivity index (χ3v) is 4.67. The van der Waals surface area contributed by atoms with Crippen molar-refractivity contribution >= 4 is 11.3 Å². The van der Waals surface area contributed by atoms with Gasteiger partial charge in [0.1, 0.15) is 0 Å². The maximum absolute atomic E-state index is 6.44.